The van der Waals surface area contributed by atoms with Gasteiger partial charge >= 0.3 is 0 Å². The summed E-state index contributed by atoms with van der Waals surface area (Å²) >= 11 is 6.20. The number of rotatable bonds is 3. The van der Waals surface area contributed by atoms with Gasteiger partial charge in [-0.1, -0.05) is 62.7 Å². The number of phenolic OH excluding ortho intramolecular Hbond substituents is 1. The number of benzodiazepines with no additional fused rings is 1. The minimum absolute atomic E-state index is 0.156. The van der Waals surface area contributed by atoms with Crippen molar-refractivity contribution >= 4 is 28.9 Å². The van der Waals surface area contributed by atoms with Gasteiger partial charge in [0.05, 0.1) is 11.4 Å². The molecule has 1 unspecified atom stereocenters. The second kappa shape index (κ2) is 10.3. The van der Waals surface area contributed by atoms with Gasteiger partial charge in [-0.25, -0.2) is 0 Å². The number of amides is 1. The summed E-state index contributed by atoms with van der Waals surface area (Å²) in [5.41, 5.74) is 3.96. The zero-order valence-corrected chi connectivity index (χ0v) is 18.7. The molecular weight excluding hydrogens is 408 g/mol. The highest BCUT2D eigenvalue weighted by molar-refractivity contribution is 6.32. The molecule has 0 radical (unpaired) electrons. The molecule has 1 amide bonds. The Morgan fingerprint density at radius 2 is 1.65 bits per heavy atom. The third-order valence-electron chi connectivity index (χ3n) is 4.49. The lowest BCUT2D eigenvalue weighted by Gasteiger charge is -2.11. The first-order valence-electron chi connectivity index (χ1n) is 10.4. The fraction of sp³-hybridized carbons (Fsp3) is 0.231. The minimum atomic E-state index is -0.567. The number of anilines is 1. The molecule has 3 aromatic rings. The zero-order chi connectivity index (χ0) is 22.4. The van der Waals surface area contributed by atoms with E-state index in [1.807, 2.05) is 30.3 Å². The van der Waals surface area contributed by atoms with Crippen LogP contribution in [0.1, 0.15) is 37.5 Å². The van der Waals surface area contributed by atoms with Gasteiger partial charge in [0.15, 0.2) is 0 Å². The standard InChI is InChI=1S/C22H17ClN2O2.C4H10/c23-16-8-11-19-18(13-16)21(15-6-9-17(26)10-7-15)24-20(22(27)25-19)12-14-4-2-1-3-5-14;1-4(2)3/h1-11,13,20,26H,12H2,(H,25,27);4H,1-3H3. The summed E-state index contributed by atoms with van der Waals surface area (Å²) in [6.07, 6.45) is 0.496. The molecular formula is C26H27ClN2O2. The van der Waals surface area contributed by atoms with Crippen LogP contribution in [0.15, 0.2) is 77.8 Å². The highest BCUT2D eigenvalue weighted by Crippen LogP contribution is 2.28. The molecule has 0 saturated heterocycles. The van der Waals surface area contributed by atoms with E-state index in [1.54, 1.807) is 42.5 Å². The molecule has 0 saturated carbocycles. The number of hydrogen-bond acceptors (Lipinski definition) is 3. The number of aliphatic imine (C=N–C) groups is 1. The second-order valence-electron chi connectivity index (χ2n) is 8.14. The first-order chi connectivity index (χ1) is 14.8. The van der Waals surface area contributed by atoms with Gasteiger partial charge in [-0.05, 0) is 53.9 Å². The van der Waals surface area contributed by atoms with Crippen molar-refractivity contribution in [2.24, 2.45) is 10.9 Å². The van der Waals surface area contributed by atoms with Crippen LogP contribution in [0.3, 0.4) is 0 Å². The fourth-order valence-corrected chi connectivity index (χ4v) is 3.32. The first kappa shape index (κ1) is 22.6. The Bertz CT molecular complexity index is 1060. The molecule has 2 N–H and O–H groups in total. The van der Waals surface area contributed by atoms with Crippen LogP contribution in [-0.2, 0) is 11.2 Å². The summed E-state index contributed by atoms with van der Waals surface area (Å²) < 4.78 is 0. The van der Waals surface area contributed by atoms with E-state index in [1.165, 1.54) is 0 Å². The molecule has 4 nitrogen and oxygen atoms in total. The normalized spacial score (nSPS) is 15.2. The number of carbonyl (C=O) groups excluding carboxylic acids is 1. The number of benzene rings is 3. The number of nitrogens with zero attached hydrogens (tertiary/aromatic N) is 1. The van der Waals surface area contributed by atoms with E-state index in [2.05, 4.69) is 26.1 Å². The molecule has 31 heavy (non-hydrogen) atoms. The average molecular weight is 435 g/mol. The molecule has 1 heterocycles. The van der Waals surface area contributed by atoms with Gasteiger partial charge in [-0.3, -0.25) is 9.79 Å². The van der Waals surface area contributed by atoms with E-state index in [-0.39, 0.29) is 11.7 Å². The number of carbonyl (C=O) groups is 1. The molecule has 0 fully saturated rings. The number of aromatic hydroxyl groups is 1. The van der Waals surface area contributed by atoms with E-state index in [0.717, 1.165) is 22.6 Å². The molecule has 160 valence electrons. The summed E-state index contributed by atoms with van der Waals surface area (Å²) in [7, 11) is 0. The molecule has 3 aromatic carbocycles. The van der Waals surface area contributed by atoms with Crippen LogP contribution in [0.5, 0.6) is 5.75 Å². The predicted octanol–water partition coefficient (Wildman–Crippen LogP) is 6.11. The lowest BCUT2D eigenvalue weighted by molar-refractivity contribution is -0.117. The average Bonchev–Trinajstić information content (AvgIpc) is 2.86. The Kier molecular flexibility index (Phi) is 7.48. The Morgan fingerprint density at radius 1 is 1.00 bits per heavy atom. The number of hydrogen-bond donors (Lipinski definition) is 2. The van der Waals surface area contributed by atoms with E-state index in [4.69, 9.17) is 16.6 Å². The van der Waals surface area contributed by atoms with Gasteiger partial charge < -0.3 is 10.4 Å². The van der Waals surface area contributed by atoms with Crippen LogP contribution < -0.4 is 5.32 Å². The Morgan fingerprint density at radius 3 is 2.29 bits per heavy atom. The molecule has 4 rings (SSSR count). The number of phenols is 1. The largest absolute Gasteiger partial charge is 0.508 e. The van der Waals surface area contributed by atoms with Gasteiger partial charge in [0.2, 0.25) is 5.91 Å². The highest BCUT2D eigenvalue weighted by atomic mass is 35.5. The Hall–Kier alpha value is -3.11. The van der Waals surface area contributed by atoms with Crippen LogP contribution in [0.25, 0.3) is 0 Å². The van der Waals surface area contributed by atoms with Crippen molar-refractivity contribution in [3.05, 3.63) is 94.5 Å². The van der Waals surface area contributed by atoms with Crippen LogP contribution in [0, 0.1) is 5.92 Å². The van der Waals surface area contributed by atoms with Gasteiger partial charge in [0, 0.05) is 22.6 Å². The van der Waals surface area contributed by atoms with Crippen LogP contribution in [0.4, 0.5) is 5.69 Å². The maximum absolute atomic E-state index is 12.8. The Balaban J connectivity index is 0.000000628. The van der Waals surface area contributed by atoms with Crippen molar-refractivity contribution in [2.45, 2.75) is 33.2 Å². The monoisotopic (exact) mass is 434 g/mol. The number of nitrogens with one attached hydrogen (secondary N) is 1. The third kappa shape index (κ3) is 6.19. The molecule has 0 spiro atoms. The number of halogens is 1. The summed E-state index contributed by atoms with van der Waals surface area (Å²) in [6.45, 7) is 6.50. The van der Waals surface area contributed by atoms with Gasteiger partial charge in [-0.2, -0.15) is 0 Å². The smallest absolute Gasteiger partial charge is 0.249 e. The van der Waals surface area contributed by atoms with E-state index < -0.39 is 6.04 Å². The summed E-state index contributed by atoms with van der Waals surface area (Å²) in [4.78, 5) is 17.6. The summed E-state index contributed by atoms with van der Waals surface area (Å²) in [5, 5.41) is 13.1. The van der Waals surface area contributed by atoms with Crippen molar-refractivity contribution in [1.82, 2.24) is 0 Å². The summed E-state index contributed by atoms with van der Waals surface area (Å²) in [5.74, 6) is 0.852. The molecule has 1 atom stereocenters. The highest BCUT2D eigenvalue weighted by Gasteiger charge is 2.26. The minimum Gasteiger partial charge on any atom is -0.508 e. The van der Waals surface area contributed by atoms with Crippen molar-refractivity contribution in [3.8, 4) is 5.75 Å². The van der Waals surface area contributed by atoms with Gasteiger partial charge in [0.25, 0.3) is 0 Å². The van der Waals surface area contributed by atoms with Crippen molar-refractivity contribution < 1.29 is 9.90 Å². The van der Waals surface area contributed by atoms with E-state index in [0.29, 0.717) is 22.8 Å². The quantitative estimate of drug-likeness (QED) is 0.522. The summed E-state index contributed by atoms with van der Waals surface area (Å²) in [6, 6.07) is 21.4. The molecule has 1 aliphatic rings. The first-order valence-corrected chi connectivity index (χ1v) is 10.7. The predicted molar refractivity (Wildman–Crippen MR) is 128 cm³/mol. The molecule has 1 aliphatic heterocycles. The molecule has 0 bridgehead atoms. The lowest BCUT2D eigenvalue weighted by Crippen LogP contribution is -2.27. The van der Waals surface area contributed by atoms with Crippen molar-refractivity contribution in [1.29, 1.82) is 0 Å². The lowest BCUT2D eigenvalue weighted by atomic mass is 10.00. The topological polar surface area (TPSA) is 61.7 Å². The van der Waals surface area contributed by atoms with E-state index >= 15 is 0 Å². The van der Waals surface area contributed by atoms with Gasteiger partial charge in [0.1, 0.15) is 11.8 Å². The Labute approximate surface area is 188 Å². The molecule has 5 heteroatoms. The van der Waals surface area contributed by atoms with Crippen LogP contribution in [-0.4, -0.2) is 22.8 Å². The van der Waals surface area contributed by atoms with Crippen molar-refractivity contribution in [3.63, 3.8) is 0 Å². The van der Waals surface area contributed by atoms with Crippen LogP contribution >= 0.6 is 11.6 Å². The second-order valence-corrected chi connectivity index (χ2v) is 8.58. The van der Waals surface area contributed by atoms with Gasteiger partial charge in [-0.15, -0.1) is 0 Å². The maximum atomic E-state index is 12.8. The van der Waals surface area contributed by atoms with E-state index in [9.17, 15) is 9.90 Å². The third-order valence-corrected chi connectivity index (χ3v) is 4.73. The zero-order valence-electron chi connectivity index (χ0n) is 18.0. The SMILES string of the molecule is CC(C)C.O=C1Nc2ccc(Cl)cc2C(c2ccc(O)cc2)=NC1Cc1ccccc1. The fourth-order valence-electron chi connectivity index (χ4n) is 3.15. The molecule has 0 aromatic heterocycles. The van der Waals surface area contributed by atoms with Crippen LogP contribution in [0.2, 0.25) is 5.02 Å². The van der Waals surface area contributed by atoms with Crippen molar-refractivity contribution in [2.75, 3.05) is 5.32 Å². The maximum Gasteiger partial charge on any atom is 0.249 e. The number of fused-ring (bicyclic) bond motifs is 1. The molecule has 0 aliphatic carbocycles.